The molecule has 0 radical (unpaired) electrons. The van der Waals surface area contributed by atoms with Crippen LogP contribution in [-0.4, -0.2) is 38.9 Å². The van der Waals surface area contributed by atoms with Gasteiger partial charge in [0.2, 0.25) is 0 Å². The van der Waals surface area contributed by atoms with Gasteiger partial charge < -0.3 is 14.8 Å². The predicted molar refractivity (Wildman–Crippen MR) is 127 cm³/mol. The van der Waals surface area contributed by atoms with E-state index in [0.29, 0.717) is 17.0 Å². The van der Waals surface area contributed by atoms with Crippen LogP contribution in [-0.2, 0) is 19.6 Å². The van der Waals surface area contributed by atoms with E-state index in [1.165, 1.54) is 49.6 Å². The Hall–Kier alpha value is -4.45. The van der Waals surface area contributed by atoms with Gasteiger partial charge in [-0.2, -0.15) is 0 Å². The third kappa shape index (κ3) is 6.54. The van der Waals surface area contributed by atoms with Crippen LogP contribution in [0, 0.1) is 17.0 Å². The summed E-state index contributed by atoms with van der Waals surface area (Å²) < 4.78 is 37.8. The number of amides is 1. The highest BCUT2D eigenvalue weighted by Crippen LogP contribution is 2.25. The summed E-state index contributed by atoms with van der Waals surface area (Å²) in [6.07, 6.45) is 0. The number of rotatable bonds is 9. The molecule has 0 aliphatic rings. The Morgan fingerprint density at radius 1 is 1.03 bits per heavy atom. The number of methoxy groups -OCH3 is 1. The third-order valence-electron chi connectivity index (χ3n) is 4.68. The zero-order valence-electron chi connectivity index (χ0n) is 18.7. The van der Waals surface area contributed by atoms with Gasteiger partial charge in [0.15, 0.2) is 6.61 Å². The number of nitrogens with zero attached hydrogens (tertiary/aromatic N) is 1. The quantitative estimate of drug-likeness (QED) is 0.258. The number of anilines is 2. The summed E-state index contributed by atoms with van der Waals surface area (Å²) in [5, 5.41) is 13.5. The Bertz CT molecular complexity index is 1370. The highest BCUT2D eigenvalue weighted by atomic mass is 32.2. The first-order valence-corrected chi connectivity index (χ1v) is 11.6. The average Bonchev–Trinajstić information content (AvgIpc) is 2.84. The van der Waals surface area contributed by atoms with Crippen molar-refractivity contribution in [1.29, 1.82) is 0 Å². The van der Waals surface area contributed by atoms with Crippen molar-refractivity contribution in [1.82, 2.24) is 0 Å². The van der Waals surface area contributed by atoms with Crippen molar-refractivity contribution in [3.63, 3.8) is 0 Å². The van der Waals surface area contributed by atoms with Gasteiger partial charge in [-0.1, -0.05) is 12.1 Å². The van der Waals surface area contributed by atoms with E-state index in [2.05, 4.69) is 10.0 Å². The van der Waals surface area contributed by atoms with Gasteiger partial charge in [-0.15, -0.1) is 0 Å². The van der Waals surface area contributed by atoms with Crippen molar-refractivity contribution in [3.8, 4) is 5.75 Å². The number of nitro groups is 1. The minimum absolute atomic E-state index is 0.0423. The van der Waals surface area contributed by atoms with Crippen molar-refractivity contribution < 1.29 is 32.4 Å². The van der Waals surface area contributed by atoms with Crippen LogP contribution in [0.15, 0.2) is 71.6 Å². The molecule has 0 bridgehead atoms. The van der Waals surface area contributed by atoms with Gasteiger partial charge in [0.25, 0.3) is 21.6 Å². The van der Waals surface area contributed by atoms with Crippen LogP contribution in [0.25, 0.3) is 0 Å². The second-order valence-corrected chi connectivity index (χ2v) is 8.95. The number of nitro benzene ring substituents is 1. The second-order valence-electron chi connectivity index (χ2n) is 7.26. The van der Waals surface area contributed by atoms with E-state index >= 15 is 0 Å². The second kappa shape index (κ2) is 10.7. The normalized spacial score (nSPS) is 10.8. The molecule has 0 saturated carbocycles. The molecule has 0 fully saturated rings. The molecule has 12 heteroatoms. The number of ether oxygens (including phenoxy) is 2. The van der Waals surface area contributed by atoms with Crippen LogP contribution in [0.3, 0.4) is 0 Å². The van der Waals surface area contributed by atoms with E-state index in [4.69, 9.17) is 9.47 Å². The molecule has 182 valence electrons. The van der Waals surface area contributed by atoms with Crippen LogP contribution in [0.5, 0.6) is 5.75 Å². The molecular formula is C23H21N3O8S. The molecule has 1 amide bonds. The molecule has 3 rings (SSSR count). The van der Waals surface area contributed by atoms with Gasteiger partial charge in [-0.25, -0.2) is 13.2 Å². The lowest BCUT2D eigenvalue weighted by atomic mass is 10.2. The maximum Gasteiger partial charge on any atom is 0.338 e. The Balaban J connectivity index is 1.65. The fraction of sp³-hybridized carbons (Fsp3) is 0.130. The number of carbonyl (C=O) groups is 2. The number of esters is 1. The topological polar surface area (TPSA) is 154 Å². The first kappa shape index (κ1) is 25.2. The number of carbonyl (C=O) groups excluding carboxylic acids is 2. The number of hydrogen-bond acceptors (Lipinski definition) is 8. The van der Waals surface area contributed by atoms with Crippen molar-refractivity contribution in [2.45, 2.75) is 11.8 Å². The van der Waals surface area contributed by atoms with Crippen molar-refractivity contribution in [2.75, 3.05) is 23.8 Å². The summed E-state index contributed by atoms with van der Waals surface area (Å²) in [6.45, 7) is 0.937. The van der Waals surface area contributed by atoms with Gasteiger partial charge in [-0.3, -0.25) is 19.6 Å². The zero-order valence-corrected chi connectivity index (χ0v) is 19.5. The van der Waals surface area contributed by atoms with Crippen LogP contribution in [0.1, 0.15) is 15.9 Å². The Labute approximate surface area is 200 Å². The van der Waals surface area contributed by atoms with E-state index in [1.54, 1.807) is 25.1 Å². The molecule has 11 nitrogen and oxygen atoms in total. The lowest BCUT2D eigenvalue weighted by molar-refractivity contribution is -0.384. The van der Waals surface area contributed by atoms with E-state index in [0.717, 1.165) is 6.07 Å². The molecule has 35 heavy (non-hydrogen) atoms. The van der Waals surface area contributed by atoms with Gasteiger partial charge >= 0.3 is 5.97 Å². The lowest BCUT2D eigenvalue weighted by Gasteiger charge is -2.10. The minimum Gasteiger partial charge on any atom is -0.497 e. The summed E-state index contributed by atoms with van der Waals surface area (Å²) in [5.74, 6) is -1.19. The maximum absolute atomic E-state index is 12.7. The highest BCUT2D eigenvalue weighted by Gasteiger charge is 2.19. The van der Waals surface area contributed by atoms with Gasteiger partial charge in [-0.05, 0) is 61.0 Å². The summed E-state index contributed by atoms with van der Waals surface area (Å²) in [6, 6.07) is 15.6. The maximum atomic E-state index is 12.7. The number of sulfonamides is 1. The summed E-state index contributed by atoms with van der Waals surface area (Å²) in [4.78, 5) is 34.9. The minimum atomic E-state index is -4.02. The first-order valence-electron chi connectivity index (χ1n) is 10.1. The fourth-order valence-electron chi connectivity index (χ4n) is 2.96. The van der Waals surface area contributed by atoms with Gasteiger partial charge in [0, 0.05) is 11.8 Å². The molecule has 0 aromatic heterocycles. The monoisotopic (exact) mass is 499 g/mol. The summed E-state index contributed by atoms with van der Waals surface area (Å²) in [7, 11) is -2.53. The van der Waals surface area contributed by atoms with Gasteiger partial charge in [0.05, 0.1) is 22.5 Å². The Kier molecular flexibility index (Phi) is 7.66. The molecule has 3 aromatic rings. The third-order valence-corrected chi connectivity index (χ3v) is 6.06. The molecule has 0 unspecified atom stereocenters. The van der Waals surface area contributed by atoms with Crippen LogP contribution < -0.4 is 14.8 Å². The molecule has 0 spiro atoms. The predicted octanol–water partition coefficient (Wildman–Crippen LogP) is 3.51. The zero-order chi connectivity index (χ0) is 25.6. The Morgan fingerprint density at radius 3 is 2.40 bits per heavy atom. The number of nitrogens with one attached hydrogen (secondary N) is 2. The number of aryl methyl sites for hydroxylation is 1. The smallest absolute Gasteiger partial charge is 0.338 e. The van der Waals surface area contributed by atoms with Crippen LogP contribution >= 0.6 is 0 Å². The molecule has 0 aliphatic heterocycles. The Morgan fingerprint density at radius 2 is 1.74 bits per heavy atom. The number of benzene rings is 3. The first-order chi connectivity index (χ1) is 16.6. The lowest BCUT2D eigenvalue weighted by Crippen LogP contribution is -2.21. The number of hydrogen-bond donors (Lipinski definition) is 2. The SMILES string of the molecule is COc1ccc(NS(=O)(=O)c2cccc(C(=O)OCC(=O)Nc3ccc(C)cc3[N+](=O)[O-])c2)cc1. The van der Waals surface area contributed by atoms with Crippen molar-refractivity contribution in [2.24, 2.45) is 0 Å². The van der Waals surface area contributed by atoms with E-state index in [-0.39, 0.29) is 21.8 Å². The molecule has 2 N–H and O–H groups in total. The molecule has 0 heterocycles. The van der Waals surface area contributed by atoms with E-state index < -0.39 is 33.4 Å². The van der Waals surface area contributed by atoms with Crippen LogP contribution in [0.2, 0.25) is 0 Å². The van der Waals surface area contributed by atoms with Gasteiger partial charge in [0.1, 0.15) is 11.4 Å². The highest BCUT2D eigenvalue weighted by molar-refractivity contribution is 7.92. The van der Waals surface area contributed by atoms with Crippen molar-refractivity contribution >= 4 is 39.0 Å². The molecule has 0 aliphatic carbocycles. The summed E-state index contributed by atoms with van der Waals surface area (Å²) in [5.41, 5.74) is 0.487. The van der Waals surface area contributed by atoms with E-state index in [1.807, 2.05) is 0 Å². The van der Waals surface area contributed by atoms with Crippen LogP contribution in [0.4, 0.5) is 17.1 Å². The largest absolute Gasteiger partial charge is 0.497 e. The fourth-order valence-corrected chi connectivity index (χ4v) is 4.07. The van der Waals surface area contributed by atoms with Crippen molar-refractivity contribution in [3.05, 3.63) is 88.0 Å². The average molecular weight is 500 g/mol. The van der Waals surface area contributed by atoms with E-state index in [9.17, 15) is 28.1 Å². The summed E-state index contributed by atoms with van der Waals surface area (Å²) >= 11 is 0. The molecule has 3 aromatic carbocycles. The molecule has 0 saturated heterocycles. The molecule has 0 atom stereocenters. The standard InChI is InChI=1S/C23H21N3O8S/c1-15-6-11-20(21(12-15)26(29)30)24-22(27)14-34-23(28)16-4-3-5-19(13-16)35(31,32)25-17-7-9-18(33-2)10-8-17/h3-13,25H,14H2,1-2H3,(H,24,27). The molecular weight excluding hydrogens is 478 g/mol.